The number of nitrogens with two attached hydrogens (primary N) is 1. The lowest BCUT2D eigenvalue weighted by molar-refractivity contribution is 0.0675. The molecule has 1 fully saturated rings. The number of rotatable bonds is 1. The molecule has 0 amide bonds. The summed E-state index contributed by atoms with van der Waals surface area (Å²) in [6.45, 7) is 8.59. The van der Waals surface area contributed by atoms with Crippen molar-refractivity contribution in [2.75, 3.05) is 26.3 Å². The Morgan fingerprint density at radius 2 is 2.08 bits per heavy atom. The predicted octanol–water partition coefficient (Wildman–Crippen LogP) is 0.167. The molecule has 0 aromatic heterocycles. The highest BCUT2D eigenvalue weighted by Crippen LogP contribution is 1.98. The molecule has 0 radical (unpaired) electrons. The molecule has 0 unspecified atom stereocenters. The summed E-state index contributed by atoms with van der Waals surface area (Å²) < 4.78 is 5.18. The minimum Gasteiger partial charge on any atom is -0.378 e. The van der Waals surface area contributed by atoms with Crippen LogP contribution in [0, 0.1) is 0 Å². The zero-order valence-electron chi connectivity index (χ0n) is 7.42. The van der Waals surface area contributed by atoms with Crippen LogP contribution in [0.15, 0.2) is 17.3 Å². The molecule has 1 saturated heterocycles. The molecule has 1 heterocycles. The van der Waals surface area contributed by atoms with Crippen molar-refractivity contribution in [1.82, 2.24) is 4.90 Å². The number of guanidine groups is 1. The van der Waals surface area contributed by atoms with Gasteiger partial charge in [0.25, 0.3) is 0 Å². The van der Waals surface area contributed by atoms with Gasteiger partial charge >= 0.3 is 0 Å². The van der Waals surface area contributed by atoms with Gasteiger partial charge in [-0.3, -0.25) is 0 Å². The van der Waals surface area contributed by atoms with Crippen LogP contribution in [0.2, 0.25) is 0 Å². The van der Waals surface area contributed by atoms with E-state index in [4.69, 9.17) is 10.5 Å². The Balaban J connectivity index is 2.49. The quantitative estimate of drug-likeness (QED) is 0.449. The van der Waals surface area contributed by atoms with E-state index in [1.807, 2.05) is 11.8 Å². The van der Waals surface area contributed by atoms with Crippen molar-refractivity contribution < 1.29 is 4.74 Å². The molecule has 0 aromatic rings. The first-order chi connectivity index (χ1) is 5.70. The summed E-state index contributed by atoms with van der Waals surface area (Å²) in [4.78, 5) is 6.07. The number of hydrogen-bond donors (Lipinski definition) is 1. The highest BCUT2D eigenvalue weighted by atomic mass is 16.5. The number of hydrogen-bond acceptors (Lipinski definition) is 2. The van der Waals surface area contributed by atoms with E-state index in [0.29, 0.717) is 5.96 Å². The van der Waals surface area contributed by atoms with Crippen molar-refractivity contribution >= 4 is 5.96 Å². The fourth-order valence-corrected chi connectivity index (χ4v) is 1.06. The van der Waals surface area contributed by atoms with Crippen molar-refractivity contribution in [2.24, 2.45) is 10.7 Å². The van der Waals surface area contributed by atoms with Gasteiger partial charge in [0, 0.05) is 18.8 Å². The van der Waals surface area contributed by atoms with Gasteiger partial charge in [0.15, 0.2) is 5.96 Å². The molecule has 0 aliphatic carbocycles. The first-order valence-corrected chi connectivity index (χ1v) is 4.02. The Morgan fingerprint density at radius 3 is 2.58 bits per heavy atom. The van der Waals surface area contributed by atoms with E-state index in [1.54, 1.807) is 0 Å². The molecule has 1 aliphatic rings. The van der Waals surface area contributed by atoms with Gasteiger partial charge in [-0.1, -0.05) is 6.58 Å². The summed E-state index contributed by atoms with van der Waals surface area (Å²) in [5, 5.41) is 0. The lowest BCUT2D eigenvalue weighted by Gasteiger charge is -2.27. The zero-order valence-corrected chi connectivity index (χ0v) is 7.42. The number of ether oxygens (including phenoxy) is 1. The van der Waals surface area contributed by atoms with E-state index in [2.05, 4.69) is 11.6 Å². The standard InChI is InChI=1S/C8H15N3O/c1-7(2)10-8(9)11-3-5-12-6-4-11/h1,3-6H2,2H3,(H2,9,10). The Labute approximate surface area is 72.7 Å². The zero-order chi connectivity index (χ0) is 8.97. The van der Waals surface area contributed by atoms with Gasteiger partial charge in [-0.25, -0.2) is 4.99 Å². The van der Waals surface area contributed by atoms with Crippen LogP contribution in [0.5, 0.6) is 0 Å². The largest absolute Gasteiger partial charge is 0.378 e. The second-order valence-corrected chi connectivity index (χ2v) is 2.80. The minimum atomic E-state index is 0.547. The lowest BCUT2D eigenvalue weighted by Crippen LogP contribution is -2.44. The van der Waals surface area contributed by atoms with E-state index in [1.165, 1.54) is 0 Å². The van der Waals surface area contributed by atoms with Gasteiger partial charge in [0.1, 0.15) is 0 Å². The maximum atomic E-state index is 5.71. The van der Waals surface area contributed by atoms with Crippen LogP contribution in [0.3, 0.4) is 0 Å². The van der Waals surface area contributed by atoms with Gasteiger partial charge in [-0.05, 0) is 6.92 Å². The average Bonchev–Trinajstić information content (AvgIpc) is 2.05. The van der Waals surface area contributed by atoms with Crippen LogP contribution in [0.4, 0.5) is 0 Å². The highest BCUT2D eigenvalue weighted by molar-refractivity contribution is 5.79. The van der Waals surface area contributed by atoms with Gasteiger partial charge in [-0.2, -0.15) is 0 Å². The maximum absolute atomic E-state index is 5.71. The molecule has 0 bridgehead atoms. The van der Waals surface area contributed by atoms with Crippen molar-refractivity contribution in [3.05, 3.63) is 12.3 Å². The summed E-state index contributed by atoms with van der Waals surface area (Å²) in [5.41, 5.74) is 6.44. The van der Waals surface area contributed by atoms with Crippen LogP contribution in [0.1, 0.15) is 6.92 Å². The Kier molecular flexibility index (Phi) is 3.10. The monoisotopic (exact) mass is 169 g/mol. The predicted molar refractivity (Wildman–Crippen MR) is 48.8 cm³/mol. The summed E-state index contributed by atoms with van der Waals surface area (Å²) in [6, 6.07) is 0. The van der Waals surface area contributed by atoms with E-state index >= 15 is 0 Å². The third-order valence-electron chi connectivity index (χ3n) is 1.64. The summed E-state index contributed by atoms with van der Waals surface area (Å²) in [6.07, 6.45) is 0. The van der Waals surface area contributed by atoms with E-state index in [0.717, 1.165) is 32.0 Å². The molecule has 1 aliphatic heterocycles. The molecular weight excluding hydrogens is 154 g/mol. The van der Waals surface area contributed by atoms with E-state index < -0.39 is 0 Å². The van der Waals surface area contributed by atoms with Gasteiger partial charge in [0.2, 0.25) is 0 Å². The van der Waals surface area contributed by atoms with Crippen molar-refractivity contribution in [3.63, 3.8) is 0 Å². The highest BCUT2D eigenvalue weighted by Gasteiger charge is 2.11. The van der Waals surface area contributed by atoms with Crippen LogP contribution in [-0.4, -0.2) is 37.2 Å². The van der Waals surface area contributed by atoms with Crippen LogP contribution in [0.25, 0.3) is 0 Å². The fraction of sp³-hybridized carbons (Fsp3) is 0.625. The molecule has 0 atom stereocenters. The molecule has 1 rings (SSSR count). The van der Waals surface area contributed by atoms with Crippen molar-refractivity contribution in [2.45, 2.75) is 6.92 Å². The fourth-order valence-electron chi connectivity index (χ4n) is 1.06. The first kappa shape index (κ1) is 9.06. The number of allylic oxidation sites excluding steroid dienone is 1. The second kappa shape index (κ2) is 4.11. The number of aliphatic imine (C=N–C) groups is 1. The minimum absolute atomic E-state index is 0.547. The van der Waals surface area contributed by atoms with Gasteiger partial charge in [0.05, 0.1) is 13.2 Å². The molecular formula is C8H15N3O. The molecule has 4 nitrogen and oxygen atoms in total. The summed E-state index contributed by atoms with van der Waals surface area (Å²) in [5.74, 6) is 0.547. The maximum Gasteiger partial charge on any atom is 0.196 e. The summed E-state index contributed by atoms with van der Waals surface area (Å²) in [7, 11) is 0. The third-order valence-corrected chi connectivity index (χ3v) is 1.64. The SMILES string of the molecule is C=C(C)N=C(N)N1CCOCC1. The third kappa shape index (κ3) is 2.54. The van der Waals surface area contributed by atoms with E-state index in [-0.39, 0.29) is 0 Å². The molecule has 0 aromatic carbocycles. The van der Waals surface area contributed by atoms with Crippen molar-refractivity contribution in [1.29, 1.82) is 0 Å². The molecule has 12 heavy (non-hydrogen) atoms. The van der Waals surface area contributed by atoms with Crippen LogP contribution >= 0.6 is 0 Å². The molecule has 0 saturated carbocycles. The normalized spacial score (nSPS) is 19.4. The van der Waals surface area contributed by atoms with Gasteiger partial charge < -0.3 is 15.4 Å². The first-order valence-electron chi connectivity index (χ1n) is 4.02. The topological polar surface area (TPSA) is 50.8 Å². The molecule has 4 heteroatoms. The van der Waals surface area contributed by atoms with Crippen molar-refractivity contribution in [3.8, 4) is 0 Å². The second-order valence-electron chi connectivity index (χ2n) is 2.80. The number of morpholine rings is 1. The lowest BCUT2D eigenvalue weighted by atomic mass is 10.4. The Morgan fingerprint density at radius 1 is 1.50 bits per heavy atom. The van der Waals surface area contributed by atoms with Crippen LogP contribution < -0.4 is 5.73 Å². The summed E-state index contributed by atoms with van der Waals surface area (Å²) >= 11 is 0. The molecule has 68 valence electrons. The molecule has 0 spiro atoms. The van der Waals surface area contributed by atoms with Gasteiger partial charge in [-0.15, -0.1) is 0 Å². The molecule has 2 N–H and O–H groups in total. The average molecular weight is 169 g/mol. The Hall–Kier alpha value is -1.03. The Bertz CT molecular complexity index is 194. The number of nitrogens with zero attached hydrogens (tertiary/aromatic N) is 2. The van der Waals surface area contributed by atoms with E-state index in [9.17, 15) is 0 Å². The smallest absolute Gasteiger partial charge is 0.196 e. The van der Waals surface area contributed by atoms with Crippen LogP contribution in [-0.2, 0) is 4.74 Å².